The number of nitrogens with zero attached hydrogens (tertiary/aromatic N) is 2. The quantitative estimate of drug-likeness (QED) is 0.119. The van der Waals surface area contributed by atoms with Gasteiger partial charge in [-0.1, -0.05) is 87.4 Å². The molecule has 4 aromatic rings. The number of benzene rings is 4. The lowest BCUT2D eigenvalue weighted by atomic mass is 9.55. The van der Waals surface area contributed by atoms with Crippen LogP contribution < -0.4 is 9.47 Å². The lowest BCUT2D eigenvalue weighted by Gasteiger charge is -2.49. The summed E-state index contributed by atoms with van der Waals surface area (Å²) in [5.74, 6) is -7.23. The minimum Gasteiger partial charge on any atom is -0.481 e. The van der Waals surface area contributed by atoms with Gasteiger partial charge in [0.2, 0.25) is 11.8 Å². The Balaban J connectivity index is 1.39. The van der Waals surface area contributed by atoms with Gasteiger partial charge in [0, 0.05) is 14.1 Å². The van der Waals surface area contributed by atoms with Gasteiger partial charge in [-0.25, -0.2) is 0 Å². The van der Waals surface area contributed by atoms with Gasteiger partial charge in [-0.2, -0.15) is 0 Å². The van der Waals surface area contributed by atoms with Crippen molar-refractivity contribution in [3.63, 3.8) is 0 Å². The Bertz CT molecular complexity index is 1680. The molecule has 0 aliphatic heterocycles. The monoisotopic (exact) mass is 706 g/mol. The molecule has 0 aromatic heterocycles. The molecule has 52 heavy (non-hydrogen) atoms. The summed E-state index contributed by atoms with van der Waals surface area (Å²) < 4.78 is 11.9. The van der Waals surface area contributed by atoms with E-state index in [0.29, 0.717) is 48.7 Å². The fraction of sp³-hybridized carbons (Fsp3) is 0.333. The van der Waals surface area contributed by atoms with Crippen LogP contribution in [0.5, 0.6) is 23.0 Å². The zero-order valence-corrected chi connectivity index (χ0v) is 29.9. The van der Waals surface area contributed by atoms with Gasteiger partial charge in [-0.05, 0) is 72.5 Å². The number of rotatable bonds is 16. The van der Waals surface area contributed by atoms with E-state index in [0.717, 1.165) is 11.1 Å². The van der Waals surface area contributed by atoms with E-state index >= 15 is 0 Å². The number of carbonyl (C=O) groups is 4. The van der Waals surface area contributed by atoms with Crippen LogP contribution in [0.3, 0.4) is 0 Å². The number of carboxylic acids is 2. The summed E-state index contributed by atoms with van der Waals surface area (Å²) in [6.45, 7) is 3.97. The maximum atomic E-state index is 14.4. The maximum absolute atomic E-state index is 14.4. The van der Waals surface area contributed by atoms with Crippen LogP contribution in [0.4, 0.5) is 0 Å². The van der Waals surface area contributed by atoms with Crippen LogP contribution in [-0.2, 0) is 19.2 Å². The van der Waals surface area contributed by atoms with Crippen molar-refractivity contribution in [1.29, 1.82) is 0 Å². The van der Waals surface area contributed by atoms with Crippen molar-refractivity contribution in [2.24, 2.45) is 23.7 Å². The van der Waals surface area contributed by atoms with Gasteiger partial charge in [0.05, 0.1) is 35.8 Å². The number of para-hydroxylation sites is 2. The number of hydrogen-bond acceptors (Lipinski definition) is 6. The molecule has 1 fully saturated rings. The number of hydrogen-bond donors (Lipinski definition) is 2. The summed E-state index contributed by atoms with van der Waals surface area (Å²) in [5, 5.41) is 20.4. The Kier molecular flexibility index (Phi) is 12.3. The van der Waals surface area contributed by atoms with Crippen molar-refractivity contribution < 1.29 is 38.9 Å². The van der Waals surface area contributed by atoms with Crippen LogP contribution in [0, 0.1) is 23.7 Å². The first-order valence-corrected chi connectivity index (χ1v) is 17.7. The molecule has 0 heterocycles. The van der Waals surface area contributed by atoms with Gasteiger partial charge in [0.15, 0.2) is 0 Å². The molecule has 2 amide bonds. The smallest absolute Gasteiger partial charge is 0.308 e. The van der Waals surface area contributed by atoms with Gasteiger partial charge in [-0.15, -0.1) is 0 Å². The highest BCUT2D eigenvalue weighted by molar-refractivity contribution is 5.99. The SMILES string of the molecule is CCC[C@@H](c1ccc(Oc2ccccc2)cc1)N(C)C(=O)[C@H]1[C@@H](C(=O)O)[C@H](C(=O)O)[C@@H]1C(=O)N(C)[C@@H](CCC)c1ccc(Oc2ccccc2)cc1. The number of aliphatic carboxylic acids is 2. The van der Waals surface area contributed by atoms with Crippen molar-refractivity contribution in [2.45, 2.75) is 51.6 Å². The fourth-order valence-corrected chi connectivity index (χ4v) is 7.23. The summed E-state index contributed by atoms with van der Waals surface area (Å²) in [7, 11) is 3.18. The van der Waals surface area contributed by atoms with Gasteiger partial charge >= 0.3 is 11.9 Å². The predicted octanol–water partition coefficient (Wildman–Crippen LogP) is 8.22. The van der Waals surface area contributed by atoms with Crippen molar-refractivity contribution in [3.05, 3.63) is 120 Å². The van der Waals surface area contributed by atoms with E-state index in [-0.39, 0.29) is 0 Å². The highest BCUT2D eigenvalue weighted by Gasteiger charge is 2.65. The van der Waals surface area contributed by atoms with Gasteiger partial charge < -0.3 is 29.5 Å². The van der Waals surface area contributed by atoms with E-state index in [9.17, 15) is 29.4 Å². The Morgan fingerprint density at radius 3 is 1.12 bits per heavy atom. The second kappa shape index (κ2) is 17.0. The van der Waals surface area contributed by atoms with Gasteiger partial charge in [0.1, 0.15) is 23.0 Å². The Morgan fingerprint density at radius 1 is 0.519 bits per heavy atom. The molecule has 0 unspecified atom stereocenters. The molecule has 1 saturated carbocycles. The normalized spacial score (nSPS) is 19.0. The van der Waals surface area contributed by atoms with Crippen molar-refractivity contribution in [1.82, 2.24) is 9.80 Å². The lowest BCUT2D eigenvalue weighted by molar-refractivity contribution is -0.188. The van der Waals surface area contributed by atoms with Crippen LogP contribution in [0.2, 0.25) is 0 Å². The molecule has 0 bridgehead atoms. The maximum Gasteiger partial charge on any atom is 0.308 e. The van der Waals surface area contributed by atoms with Crippen LogP contribution in [0.15, 0.2) is 109 Å². The molecule has 10 heteroatoms. The van der Waals surface area contributed by atoms with Crippen molar-refractivity contribution in [2.75, 3.05) is 14.1 Å². The van der Waals surface area contributed by atoms with E-state index in [2.05, 4.69) is 0 Å². The topological polar surface area (TPSA) is 134 Å². The minimum absolute atomic E-state index is 0.445. The molecule has 1 aliphatic rings. The first-order chi connectivity index (χ1) is 25.0. The van der Waals surface area contributed by atoms with E-state index in [1.54, 1.807) is 14.1 Å². The molecule has 10 nitrogen and oxygen atoms in total. The Morgan fingerprint density at radius 2 is 0.827 bits per heavy atom. The summed E-state index contributed by atoms with van der Waals surface area (Å²) in [6.07, 6.45) is 2.56. The van der Waals surface area contributed by atoms with Crippen LogP contribution in [-0.4, -0.2) is 57.9 Å². The zero-order valence-electron chi connectivity index (χ0n) is 29.9. The molecule has 6 atom stereocenters. The minimum atomic E-state index is -1.56. The van der Waals surface area contributed by atoms with E-state index in [1.807, 2.05) is 123 Å². The first kappa shape index (κ1) is 37.6. The third kappa shape index (κ3) is 8.28. The van der Waals surface area contributed by atoms with E-state index in [1.165, 1.54) is 9.80 Å². The summed E-state index contributed by atoms with van der Waals surface area (Å²) in [6, 6.07) is 32.5. The highest BCUT2D eigenvalue weighted by Crippen LogP contribution is 2.50. The standard InChI is InChI=1S/C42H46N2O8/c1-5-13-33(27-19-23-31(24-20-27)51-29-15-9-7-10-16-29)43(3)39(45)35-36(38(42(49)50)37(35)41(47)48)40(46)44(4)34(14-6-2)28-21-25-32(26-22-28)52-30-17-11-8-12-18-30/h7-12,15-26,33-38H,5-6,13-14H2,1-4H3,(H,47,48)(H,49,50)/t33-,34-,35+,36+,37+,38+/m0/s1. The van der Waals surface area contributed by atoms with E-state index < -0.39 is 59.5 Å². The highest BCUT2D eigenvalue weighted by atomic mass is 16.5. The molecule has 5 rings (SSSR count). The van der Waals surface area contributed by atoms with Crippen LogP contribution >= 0.6 is 0 Å². The predicted molar refractivity (Wildman–Crippen MR) is 196 cm³/mol. The summed E-state index contributed by atoms with van der Waals surface area (Å²) >= 11 is 0. The Labute approximate surface area is 304 Å². The number of carbonyl (C=O) groups excluding carboxylic acids is 2. The van der Waals surface area contributed by atoms with Crippen molar-refractivity contribution >= 4 is 23.8 Å². The van der Waals surface area contributed by atoms with Crippen LogP contribution in [0.25, 0.3) is 0 Å². The summed E-state index contributed by atoms with van der Waals surface area (Å²) in [5.41, 5.74) is 1.61. The molecule has 0 radical (unpaired) electrons. The molecule has 0 saturated heterocycles. The van der Waals surface area contributed by atoms with Crippen LogP contribution in [0.1, 0.15) is 62.7 Å². The average molecular weight is 707 g/mol. The largest absolute Gasteiger partial charge is 0.481 e. The average Bonchev–Trinajstić information content (AvgIpc) is 3.13. The lowest BCUT2D eigenvalue weighted by Crippen LogP contribution is -2.64. The summed E-state index contributed by atoms with van der Waals surface area (Å²) in [4.78, 5) is 56.8. The molecular weight excluding hydrogens is 660 g/mol. The fourth-order valence-electron chi connectivity index (χ4n) is 7.23. The molecule has 2 N–H and O–H groups in total. The number of ether oxygens (including phenoxy) is 2. The van der Waals surface area contributed by atoms with Gasteiger partial charge in [-0.3, -0.25) is 19.2 Å². The third-order valence-corrected chi connectivity index (χ3v) is 9.93. The van der Waals surface area contributed by atoms with Gasteiger partial charge in [0.25, 0.3) is 0 Å². The molecule has 1 aliphatic carbocycles. The second-order valence-electron chi connectivity index (χ2n) is 13.3. The zero-order chi connectivity index (χ0) is 37.4. The molecular formula is C42H46N2O8. The molecule has 272 valence electrons. The number of carboxylic acid groups (broad SMARTS) is 2. The second-order valence-corrected chi connectivity index (χ2v) is 13.3. The Hall–Kier alpha value is -5.64. The first-order valence-electron chi connectivity index (χ1n) is 17.7. The third-order valence-electron chi connectivity index (χ3n) is 9.93. The number of amides is 2. The molecule has 4 aromatic carbocycles. The molecule has 0 spiro atoms. The van der Waals surface area contributed by atoms with E-state index in [4.69, 9.17) is 9.47 Å². The van der Waals surface area contributed by atoms with Crippen molar-refractivity contribution in [3.8, 4) is 23.0 Å².